The minimum absolute atomic E-state index is 0.000595. The van der Waals surface area contributed by atoms with Gasteiger partial charge in [-0.05, 0) is 40.2 Å². The Bertz CT molecular complexity index is 213. The first-order valence-corrected chi connectivity index (χ1v) is 5.53. The van der Waals surface area contributed by atoms with Gasteiger partial charge in [0.25, 0.3) is 0 Å². The van der Waals surface area contributed by atoms with Gasteiger partial charge in [-0.15, -0.1) is 0 Å². The summed E-state index contributed by atoms with van der Waals surface area (Å²) in [6, 6.07) is 0. The number of nitrogens with one attached hydrogen (secondary N) is 1. The van der Waals surface area contributed by atoms with Crippen LogP contribution in [0.1, 0.15) is 40.0 Å². The number of rotatable bonds is 7. The van der Waals surface area contributed by atoms with E-state index >= 15 is 0 Å². The highest BCUT2D eigenvalue weighted by molar-refractivity contribution is 5.67. The number of aliphatic hydroxyl groups excluding tert-OH is 2. The molecule has 0 bridgehead atoms. The number of hydrogen-bond donors (Lipinski definition) is 4. The summed E-state index contributed by atoms with van der Waals surface area (Å²) in [5, 5.41) is 30.5. The maximum Gasteiger partial charge on any atom is 0.305 e. The van der Waals surface area contributed by atoms with E-state index in [1.807, 2.05) is 20.8 Å². The molecule has 0 aliphatic heterocycles. The first-order valence-electron chi connectivity index (χ1n) is 5.53. The van der Waals surface area contributed by atoms with Gasteiger partial charge >= 0.3 is 5.97 Å². The van der Waals surface area contributed by atoms with Crippen molar-refractivity contribution in [3.8, 4) is 0 Å². The molecule has 2 unspecified atom stereocenters. The fourth-order valence-electron chi connectivity index (χ4n) is 1.33. The van der Waals surface area contributed by atoms with Crippen LogP contribution in [0, 0.1) is 0 Å². The molecule has 0 aromatic carbocycles. The molecule has 0 amide bonds. The predicted molar refractivity (Wildman–Crippen MR) is 61.3 cm³/mol. The lowest BCUT2D eigenvalue weighted by atomic mass is 10.1. The molecule has 16 heavy (non-hydrogen) atoms. The third kappa shape index (κ3) is 9.89. The van der Waals surface area contributed by atoms with Gasteiger partial charge in [0.1, 0.15) is 0 Å². The zero-order chi connectivity index (χ0) is 12.8. The second kappa shape index (κ2) is 6.83. The number of aliphatic hydroxyl groups is 2. The van der Waals surface area contributed by atoms with Gasteiger partial charge in [0.2, 0.25) is 0 Å². The van der Waals surface area contributed by atoms with E-state index in [4.69, 9.17) is 5.11 Å². The van der Waals surface area contributed by atoms with E-state index in [2.05, 4.69) is 5.32 Å². The Labute approximate surface area is 96.5 Å². The summed E-state index contributed by atoms with van der Waals surface area (Å²) in [5.74, 6) is -1.05. The van der Waals surface area contributed by atoms with Crippen LogP contribution in [0.4, 0.5) is 0 Å². The number of carboxylic acids is 1. The number of carbonyl (C=O) groups is 1. The van der Waals surface area contributed by atoms with E-state index < -0.39 is 18.2 Å². The number of aliphatic carboxylic acids is 1. The molecule has 96 valence electrons. The first kappa shape index (κ1) is 15.3. The second-order valence-electron chi connectivity index (χ2n) is 5.11. The molecule has 0 fully saturated rings. The maximum atomic E-state index is 10.3. The van der Waals surface area contributed by atoms with Gasteiger partial charge in [-0.2, -0.15) is 0 Å². The number of carboxylic acid groups (broad SMARTS) is 1. The van der Waals surface area contributed by atoms with Crippen LogP contribution < -0.4 is 5.32 Å². The highest BCUT2D eigenvalue weighted by Crippen LogP contribution is 2.06. The van der Waals surface area contributed by atoms with Gasteiger partial charge in [0.15, 0.2) is 0 Å². The Morgan fingerprint density at radius 1 is 1.25 bits per heavy atom. The highest BCUT2D eigenvalue weighted by Gasteiger charge is 2.15. The van der Waals surface area contributed by atoms with Crippen LogP contribution in [-0.4, -0.2) is 45.6 Å². The van der Waals surface area contributed by atoms with Crippen molar-refractivity contribution >= 4 is 5.97 Å². The third-order valence-electron chi connectivity index (χ3n) is 2.09. The smallest absolute Gasteiger partial charge is 0.305 e. The van der Waals surface area contributed by atoms with E-state index in [1.54, 1.807) is 0 Å². The molecule has 0 rings (SSSR count). The quantitative estimate of drug-likeness (QED) is 0.509. The summed E-state index contributed by atoms with van der Waals surface area (Å²) < 4.78 is 0. The van der Waals surface area contributed by atoms with E-state index in [0.29, 0.717) is 13.0 Å². The number of hydrogen-bond acceptors (Lipinski definition) is 4. The van der Waals surface area contributed by atoms with Gasteiger partial charge in [0.05, 0.1) is 18.6 Å². The summed E-state index contributed by atoms with van der Waals surface area (Å²) in [7, 11) is 0. The lowest BCUT2D eigenvalue weighted by Gasteiger charge is -2.22. The van der Waals surface area contributed by atoms with E-state index in [-0.39, 0.29) is 18.4 Å². The lowest BCUT2D eigenvalue weighted by Crippen LogP contribution is -2.37. The highest BCUT2D eigenvalue weighted by atomic mass is 16.4. The molecule has 5 nitrogen and oxygen atoms in total. The van der Waals surface area contributed by atoms with Crippen LogP contribution in [0.15, 0.2) is 0 Å². The van der Waals surface area contributed by atoms with Crippen molar-refractivity contribution < 1.29 is 20.1 Å². The topological polar surface area (TPSA) is 89.8 Å². The summed E-state index contributed by atoms with van der Waals surface area (Å²) >= 11 is 0. The van der Waals surface area contributed by atoms with Crippen LogP contribution in [0.3, 0.4) is 0 Å². The molecule has 0 saturated carbocycles. The average molecular weight is 233 g/mol. The zero-order valence-corrected chi connectivity index (χ0v) is 10.2. The van der Waals surface area contributed by atoms with Crippen LogP contribution in [-0.2, 0) is 4.79 Å². The van der Waals surface area contributed by atoms with Crippen molar-refractivity contribution in [3.05, 3.63) is 0 Å². The van der Waals surface area contributed by atoms with Crippen LogP contribution >= 0.6 is 0 Å². The Hall–Kier alpha value is -0.650. The normalized spacial score (nSPS) is 15.8. The molecular weight excluding hydrogens is 210 g/mol. The maximum absolute atomic E-state index is 10.3. The molecular formula is C11H23NO4. The summed E-state index contributed by atoms with van der Waals surface area (Å²) in [6.45, 7) is 6.72. The van der Waals surface area contributed by atoms with Crippen molar-refractivity contribution in [1.82, 2.24) is 5.32 Å². The van der Waals surface area contributed by atoms with Crippen molar-refractivity contribution in [3.63, 3.8) is 0 Å². The average Bonchev–Trinajstić information content (AvgIpc) is 1.98. The fourth-order valence-corrected chi connectivity index (χ4v) is 1.33. The molecule has 0 aliphatic carbocycles. The minimum atomic E-state index is -1.05. The van der Waals surface area contributed by atoms with E-state index in [0.717, 1.165) is 0 Å². The van der Waals surface area contributed by atoms with Crippen molar-refractivity contribution in [2.75, 3.05) is 6.54 Å². The fraction of sp³-hybridized carbons (Fsp3) is 0.909. The van der Waals surface area contributed by atoms with Gasteiger partial charge < -0.3 is 20.6 Å². The minimum Gasteiger partial charge on any atom is -0.481 e. The monoisotopic (exact) mass is 233 g/mol. The SMILES string of the molecule is CC(C)(C)NCCC(O)CC(O)CC(=O)O. The second-order valence-corrected chi connectivity index (χ2v) is 5.11. The Morgan fingerprint density at radius 3 is 2.25 bits per heavy atom. The van der Waals surface area contributed by atoms with Crippen LogP contribution in [0.25, 0.3) is 0 Å². The van der Waals surface area contributed by atoms with E-state index in [9.17, 15) is 15.0 Å². The van der Waals surface area contributed by atoms with Gasteiger partial charge in [-0.25, -0.2) is 0 Å². The standard InChI is InChI=1S/C11H23NO4/c1-11(2,3)12-5-4-8(13)6-9(14)7-10(15)16/h8-9,12-14H,4-7H2,1-3H3,(H,15,16). The van der Waals surface area contributed by atoms with Crippen molar-refractivity contribution in [2.45, 2.75) is 57.8 Å². The molecule has 0 radical (unpaired) electrons. The largest absolute Gasteiger partial charge is 0.481 e. The van der Waals surface area contributed by atoms with Gasteiger partial charge in [-0.1, -0.05) is 0 Å². The molecule has 0 saturated heterocycles. The molecule has 0 aliphatic rings. The lowest BCUT2D eigenvalue weighted by molar-refractivity contribution is -0.139. The van der Waals surface area contributed by atoms with Crippen LogP contribution in [0.5, 0.6) is 0 Å². The summed E-state index contributed by atoms with van der Waals surface area (Å²) in [6.07, 6.45) is -1.33. The van der Waals surface area contributed by atoms with Crippen molar-refractivity contribution in [2.24, 2.45) is 0 Å². The summed E-state index contributed by atoms with van der Waals surface area (Å²) in [5.41, 5.74) is -0.000595. The molecule has 0 aromatic heterocycles. The van der Waals surface area contributed by atoms with Crippen LogP contribution in [0.2, 0.25) is 0 Å². The van der Waals surface area contributed by atoms with Gasteiger partial charge in [-0.3, -0.25) is 4.79 Å². The molecule has 5 heteroatoms. The predicted octanol–water partition coefficient (Wildman–Crippen LogP) is 0.351. The zero-order valence-electron chi connectivity index (χ0n) is 10.2. The Kier molecular flexibility index (Phi) is 6.55. The Morgan fingerprint density at radius 2 is 1.81 bits per heavy atom. The van der Waals surface area contributed by atoms with Gasteiger partial charge in [0, 0.05) is 5.54 Å². The first-order chi connectivity index (χ1) is 7.20. The molecule has 0 spiro atoms. The third-order valence-corrected chi connectivity index (χ3v) is 2.09. The summed E-state index contributed by atoms with van der Waals surface area (Å²) in [4.78, 5) is 10.3. The molecule has 0 aromatic rings. The molecule has 4 N–H and O–H groups in total. The Balaban J connectivity index is 3.66. The molecule has 0 heterocycles. The molecule has 2 atom stereocenters. The van der Waals surface area contributed by atoms with Crippen molar-refractivity contribution in [1.29, 1.82) is 0 Å². The van der Waals surface area contributed by atoms with E-state index in [1.165, 1.54) is 0 Å².